The maximum absolute atomic E-state index is 13.1. The lowest BCUT2D eigenvalue weighted by molar-refractivity contribution is -0.909. The summed E-state index contributed by atoms with van der Waals surface area (Å²) in [7, 11) is 0. The highest BCUT2D eigenvalue weighted by Crippen LogP contribution is 2.28. The van der Waals surface area contributed by atoms with Crippen LogP contribution in [0.25, 0.3) is 0 Å². The van der Waals surface area contributed by atoms with E-state index >= 15 is 0 Å². The second-order valence-corrected chi connectivity index (χ2v) is 5.94. The molecule has 1 aliphatic carbocycles. The van der Waals surface area contributed by atoms with Gasteiger partial charge in [-0.2, -0.15) is 13.2 Å². The van der Waals surface area contributed by atoms with Crippen molar-refractivity contribution in [1.29, 1.82) is 0 Å². The van der Waals surface area contributed by atoms with Gasteiger partial charge in [0.15, 0.2) is 0 Å². The molecule has 0 aromatic heterocycles. The van der Waals surface area contributed by atoms with E-state index in [1.54, 1.807) is 0 Å². The van der Waals surface area contributed by atoms with Gasteiger partial charge >= 0.3 is 6.18 Å². The number of hydrogen-bond acceptors (Lipinski definition) is 1. The second-order valence-electron chi connectivity index (χ2n) is 5.94. The molecule has 2 fully saturated rings. The summed E-state index contributed by atoms with van der Waals surface area (Å²) in [5.41, 5.74) is 0. The Hall–Kier alpha value is -0.290. The first kappa shape index (κ1) is 15.1. The average Bonchev–Trinajstić information content (AvgIpc) is 2.39. The minimum absolute atomic E-state index is 0.0972. The monoisotopic (exact) mass is 280 g/mol. The number of likely N-dealkylation sites (tertiary alicyclic amines) is 1. The van der Waals surface area contributed by atoms with Gasteiger partial charge in [-0.1, -0.05) is 19.3 Å². The van der Waals surface area contributed by atoms with Gasteiger partial charge in [0.25, 0.3) is 0 Å². The molecule has 0 bridgehead atoms. The Balaban J connectivity index is 1.87. The smallest absolute Gasteiger partial charge is 0.360 e. The van der Waals surface area contributed by atoms with Gasteiger partial charge in [-0.25, -0.2) is 0 Å². The van der Waals surface area contributed by atoms with Gasteiger partial charge in [-0.15, -0.1) is 0 Å². The summed E-state index contributed by atoms with van der Waals surface area (Å²) in [6.45, 7) is 1.82. The average molecular weight is 280 g/mol. The molecule has 1 atom stereocenters. The minimum Gasteiger partial charge on any atom is -0.360 e. The largest absolute Gasteiger partial charge is 0.420 e. The van der Waals surface area contributed by atoms with Crippen LogP contribution in [-0.4, -0.2) is 38.0 Å². The van der Waals surface area contributed by atoms with Crippen molar-refractivity contribution in [3.63, 3.8) is 0 Å². The Bertz CT molecular complexity index is 238. The molecule has 0 aromatic carbocycles. The first-order chi connectivity index (χ1) is 9.05. The molecule has 2 nitrogen and oxygen atoms in total. The molecule has 1 N–H and O–H groups in total. The number of hydrogen-bond donors (Lipinski definition) is 1. The highest BCUT2D eigenvalue weighted by atomic mass is 19.4. The van der Waals surface area contributed by atoms with E-state index in [0.29, 0.717) is 0 Å². The fraction of sp³-hybridized carbons (Fsp3) is 1.00. The van der Waals surface area contributed by atoms with Crippen LogP contribution in [-0.2, 0) is 4.74 Å². The number of piperidine rings is 1. The quantitative estimate of drug-likeness (QED) is 0.834. The van der Waals surface area contributed by atoms with Gasteiger partial charge < -0.3 is 9.64 Å². The van der Waals surface area contributed by atoms with E-state index in [1.165, 1.54) is 0 Å². The summed E-state index contributed by atoms with van der Waals surface area (Å²) >= 11 is 0. The standard InChI is InChI=1S/C14H24F3NO/c15-14(16,17)13(11-18-9-5-2-6-10-18)19-12-7-3-1-4-8-12/h12-13H,1-11H2/p+1/t13-/m1/s1. The molecule has 2 rings (SSSR count). The Morgan fingerprint density at radius 2 is 1.53 bits per heavy atom. The van der Waals surface area contributed by atoms with E-state index < -0.39 is 12.3 Å². The molecule has 5 heteroatoms. The van der Waals surface area contributed by atoms with Crippen LogP contribution < -0.4 is 4.90 Å². The van der Waals surface area contributed by atoms with Crippen LogP contribution in [0.15, 0.2) is 0 Å². The third kappa shape index (κ3) is 4.95. The fourth-order valence-corrected chi connectivity index (χ4v) is 3.19. The Kier molecular flexibility index (Phi) is 5.51. The molecule has 1 saturated carbocycles. The van der Waals surface area contributed by atoms with Crippen molar-refractivity contribution < 1.29 is 22.8 Å². The van der Waals surface area contributed by atoms with Crippen molar-refractivity contribution in [2.24, 2.45) is 0 Å². The zero-order chi connectivity index (χ0) is 13.7. The summed E-state index contributed by atoms with van der Waals surface area (Å²) in [6, 6.07) is 0. The fourth-order valence-electron chi connectivity index (χ4n) is 3.19. The maximum Gasteiger partial charge on any atom is 0.420 e. The van der Waals surface area contributed by atoms with Crippen molar-refractivity contribution >= 4 is 0 Å². The molecule has 19 heavy (non-hydrogen) atoms. The van der Waals surface area contributed by atoms with Gasteiger partial charge in [0, 0.05) is 0 Å². The van der Waals surface area contributed by atoms with E-state index in [2.05, 4.69) is 0 Å². The zero-order valence-corrected chi connectivity index (χ0v) is 11.5. The van der Waals surface area contributed by atoms with Crippen LogP contribution in [0.4, 0.5) is 13.2 Å². The molecule has 2 aliphatic rings. The molecular weight excluding hydrogens is 255 g/mol. The lowest BCUT2D eigenvalue weighted by Crippen LogP contribution is -3.14. The zero-order valence-electron chi connectivity index (χ0n) is 11.5. The van der Waals surface area contributed by atoms with Crippen LogP contribution in [0, 0.1) is 0 Å². The number of rotatable bonds is 4. The van der Waals surface area contributed by atoms with Gasteiger partial charge in [-0.05, 0) is 32.1 Å². The lowest BCUT2D eigenvalue weighted by Gasteiger charge is -2.32. The molecule has 1 heterocycles. The topological polar surface area (TPSA) is 13.7 Å². The summed E-state index contributed by atoms with van der Waals surface area (Å²) < 4.78 is 44.7. The molecule has 0 amide bonds. The lowest BCUT2D eigenvalue weighted by atomic mass is 9.97. The van der Waals surface area contributed by atoms with Crippen LogP contribution in [0.1, 0.15) is 51.4 Å². The number of quaternary nitrogens is 1. The molecule has 0 spiro atoms. The van der Waals surface area contributed by atoms with Crippen molar-refractivity contribution in [3.05, 3.63) is 0 Å². The first-order valence-corrected chi connectivity index (χ1v) is 7.61. The van der Waals surface area contributed by atoms with Crippen molar-refractivity contribution in [3.8, 4) is 0 Å². The third-order valence-corrected chi connectivity index (χ3v) is 4.31. The molecule has 1 saturated heterocycles. The predicted molar refractivity (Wildman–Crippen MR) is 67.2 cm³/mol. The predicted octanol–water partition coefficient (Wildman–Crippen LogP) is 2.34. The number of halogens is 3. The first-order valence-electron chi connectivity index (χ1n) is 7.61. The third-order valence-electron chi connectivity index (χ3n) is 4.31. The van der Waals surface area contributed by atoms with Gasteiger partial charge in [-0.3, -0.25) is 0 Å². The molecule has 112 valence electrons. The normalized spacial score (nSPS) is 25.4. The summed E-state index contributed by atoms with van der Waals surface area (Å²) in [6.07, 6.45) is 2.02. The van der Waals surface area contributed by atoms with E-state index in [9.17, 15) is 13.2 Å². The SMILES string of the molecule is FC(F)(F)[C@@H](C[NH+]1CCCCC1)OC1CCCCC1. The Morgan fingerprint density at radius 3 is 2.11 bits per heavy atom. The van der Waals surface area contributed by atoms with Gasteiger partial charge in [0.2, 0.25) is 6.10 Å². The van der Waals surface area contributed by atoms with Crippen LogP contribution >= 0.6 is 0 Å². The highest BCUT2D eigenvalue weighted by Gasteiger charge is 2.44. The summed E-state index contributed by atoms with van der Waals surface area (Å²) in [5, 5.41) is 0. The Morgan fingerprint density at radius 1 is 0.947 bits per heavy atom. The van der Waals surface area contributed by atoms with E-state index in [-0.39, 0.29) is 12.6 Å². The molecule has 0 unspecified atom stereocenters. The number of ether oxygens (including phenoxy) is 1. The van der Waals surface area contributed by atoms with Crippen LogP contribution in [0.5, 0.6) is 0 Å². The van der Waals surface area contributed by atoms with Crippen molar-refractivity contribution in [2.75, 3.05) is 19.6 Å². The number of nitrogens with one attached hydrogen (secondary N) is 1. The van der Waals surface area contributed by atoms with Crippen molar-refractivity contribution in [1.82, 2.24) is 0 Å². The van der Waals surface area contributed by atoms with E-state index in [1.807, 2.05) is 0 Å². The van der Waals surface area contributed by atoms with Gasteiger partial charge in [0.05, 0.1) is 19.2 Å². The van der Waals surface area contributed by atoms with Crippen molar-refractivity contribution in [2.45, 2.75) is 69.8 Å². The maximum atomic E-state index is 13.1. The second kappa shape index (κ2) is 6.93. The molecular formula is C14H25F3NO+. The van der Waals surface area contributed by atoms with E-state index in [0.717, 1.165) is 69.4 Å². The number of alkyl halides is 3. The molecule has 1 aliphatic heterocycles. The highest BCUT2D eigenvalue weighted by molar-refractivity contribution is 4.73. The molecule has 0 aromatic rings. The summed E-state index contributed by atoms with van der Waals surface area (Å²) in [5.74, 6) is 0. The Labute approximate surface area is 113 Å². The minimum atomic E-state index is -4.22. The van der Waals surface area contributed by atoms with Gasteiger partial charge in [0.1, 0.15) is 6.54 Å². The van der Waals surface area contributed by atoms with Crippen LogP contribution in [0.3, 0.4) is 0 Å². The summed E-state index contributed by atoms with van der Waals surface area (Å²) in [4.78, 5) is 1.06. The molecule has 0 radical (unpaired) electrons. The van der Waals surface area contributed by atoms with E-state index in [4.69, 9.17) is 4.74 Å². The van der Waals surface area contributed by atoms with Crippen LogP contribution in [0.2, 0.25) is 0 Å².